The van der Waals surface area contributed by atoms with Crippen LogP contribution in [0, 0.1) is 5.92 Å². The highest BCUT2D eigenvalue weighted by Crippen LogP contribution is 2.24. The molecule has 1 aromatic heterocycles. The average molecular weight is 314 g/mol. The zero-order chi connectivity index (χ0) is 16.7. The Labute approximate surface area is 136 Å². The maximum Gasteiger partial charge on any atom is 0.258 e. The number of nitrogens with one attached hydrogen (secondary N) is 2. The Kier molecular flexibility index (Phi) is 5.91. The van der Waals surface area contributed by atoms with E-state index in [2.05, 4.69) is 34.4 Å². The van der Waals surface area contributed by atoms with Crippen molar-refractivity contribution in [2.75, 3.05) is 23.8 Å². The van der Waals surface area contributed by atoms with Gasteiger partial charge in [0, 0.05) is 18.9 Å². The van der Waals surface area contributed by atoms with Crippen LogP contribution in [-0.4, -0.2) is 29.0 Å². The van der Waals surface area contributed by atoms with Crippen LogP contribution < -0.4 is 15.4 Å². The van der Waals surface area contributed by atoms with Gasteiger partial charge in [-0.2, -0.15) is 0 Å². The molecule has 23 heavy (non-hydrogen) atoms. The first-order chi connectivity index (χ1) is 11.1. The van der Waals surface area contributed by atoms with Crippen LogP contribution in [0.3, 0.4) is 0 Å². The molecule has 1 amide bonds. The molecule has 0 bridgehead atoms. The van der Waals surface area contributed by atoms with Gasteiger partial charge in [0.2, 0.25) is 5.95 Å². The summed E-state index contributed by atoms with van der Waals surface area (Å²) < 4.78 is 5.49. The third-order valence-corrected chi connectivity index (χ3v) is 3.02. The Bertz CT molecular complexity index is 641. The fourth-order valence-electron chi connectivity index (χ4n) is 1.88. The van der Waals surface area contributed by atoms with Gasteiger partial charge in [0.25, 0.3) is 5.91 Å². The van der Waals surface area contributed by atoms with E-state index in [0.717, 1.165) is 6.54 Å². The van der Waals surface area contributed by atoms with E-state index in [1.807, 2.05) is 25.1 Å². The third kappa shape index (κ3) is 4.95. The summed E-state index contributed by atoms with van der Waals surface area (Å²) in [6, 6.07) is 7.31. The Morgan fingerprint density at radius 2 is 1.91 bits per heavy atom. The molecule has 6 nitrogen and oxygen atoms in total. The van der Waals surface area contributed by atoms with Gasteiger partial charge >= 0.3 is 0 Å². The van der Waals surface area contributed by atoms with Crippen molar-refractivity contribution in [3.8, 4) is 5.75 Å². The molecule has 1 heterocycles. The summed E-state index contributed by atoms with van der Waals surface area (Å²) in [5, 5.41) is 5.93. The number of rotatable bonds is 7. The first-order valence-corrected chi connectivity index (χ1v) is 7.69. The van der Waals surface area contributed by atoms with E-state index in [-0.39, 0.29) is 5.91 Å². The van der Waals surface area contributed by atoms with E-state index >= 15 is 0 Å². The van der Waals surface area contributed by atoms with Gasteiger partial charge in [0.05, 0.1) is 17.9 Å². The second-order valence-electron chi connectivity index (χ2n) is 5.45. The number of nitrogens with zero attached hydrogens (tertiary/aromatic N) is 2. The molecule has 0 spiro atoms. The fraction of sp³-hybridized carbons (Fsp3) is 0.353. The lowest BCUT2D eigenvalue weighted by Crippen LogP contribution is -2.15. The molecule has 0 saturated heterocycles. The molecule has 2 N–H and O–H groups in total. The number of carbonyl (C=O) groups is 1. The van der Waals surface area contributed by atoms with Gasteiger partial charge in [-0.1, -0.05) is 26.0 Å². The molecule has 122 valence electrons. The molecule has 0 fully saturated rings. The summed E-state index contributed by atoms with van der Waals surface area (Å²) in [5.74, 6) is 1.38. The third-order valence-electron chi connectivity index (χ3n) is 3.02. The van der Waals surface area contributed by atoms with Gasteiger partial charge in [0.1, 0.15) is 5.75 Å². The molecular formula is C17H22N4O2. The molecule has 6 heteroatoms. The SMILES string of the molecule is CCOc1ccccc1NC(=O)c1cnc(NCC(C)C)nc1. The van der Waals surface area contributed by atoms with Gasteiger partial charge in [0.15, 0.2) is 0 Å². The van der Waals surface area contributed by atoms with Gasteiger partial charge < -0.3 is 15.4 Å². The molecule has 0 unspecified atom stereocenters. The van der Waals surface area contributed by atoms with Gasteiger partial charge in [-0.15, -0.1) is 0 Å². The highest BCUT2D eigenvalue weighted by Gasteiger charge is 2.10. The van der Waals surface area contributed by atoms with Crippen molar-refractivity contribution in [1.29, 1.82) is 0 Å². The number of benzene rings is 1. The van der Waals surface area contributed by atoms with E-state index in [0.29, 0.717) is 35.5 Å². The minimum atomic E-state index is -0.271. The zero-order valence-corrected chi connectivity index (χ0v) is 13.7. The van der Waals surface area contributed by atoms with Crippen molar-refractivity contribution in [2.24, 2.45) is 5.92 Å². The van der Waals surface area contributed by atoms with Crippen molar-refractivity contribution in [3.63, 3.8) is 0 Å². The van der Waals surface area contributed by atoms with Crippen LogP contribution in [-0.2, 0) is 0 Å². The normalized spacial score (nSPS) is 10.4. The lowest BCUT2D eigenvalue weighted by atomic mass is 10.2. The topological polar surface area (TPSA) is 76.1 Å². The predicted molar refractivity (Wildman–Crippen MR) is 90.9 cm³/mol. The first kappa shape index (κ1) is 16.7. The summed E-state index contributed by atoms with van der Waals surface area (Å²) in [5.41, 5.74) is 1.02. The predicted octanol–water partition coefficient (Wildman–Crippen LogP) is 3.20. The number of para-hydroxylation sites is 2. The van der Waals surface area contributed by atoms with Crippen molar-refractivity contribution in [1.82, 2.24) is 9.97 Å². The minimum Gasteiger partial charge on any atom is -0.492 e. The van der Waals surface area contributed by atoms with Crippen LogP contribution in [0.5, 0.6) is 5.75 Å². The maximum atomic E-state index is 12.3. The lowest BCUT2D eigenvalue weighted by molar-refractivity contribution is 0.102. The Morgan fingerprint density at radius 1 is 1.22 bits per heavy atom. The monoisotopic (exact) mass is 314 g/mol. The van der Waals surface area contributed by atoms with E-state index < -0.39 is 0 Å². The highest BCUT2D eigenvalue weighted by atomic mass is 16.5. The molecule has 0 aliphatic carbocycles. The van der Waals surface area contributed by atoms with Gasteiger partial charge in [-0.05, 0) is 25.0 Å². The Morgan fingerprint density at radius 3 is 2.57 bits per heavy atom. The van der Waals surface area contributed by atoms with Crippen molar-refractivity contribution in [3.05, 3.63) is 42.2 Å². The number of ether oxygens (including phenoxy) is 1. The minimum absolute atomic E-state index is 0.271. The number of hydrogen-bond donors (Lipinski definition) is 2. The molecule has 2 rings (SSSR count). The second kappa shape index (κ2) is 8.12. The van der Waals surface area contributed by atoms with E-state index in [1.54, 1.807) is 6.07 Å². The fourth-order valence-corrected chi connectivity index (χ4v) is 1.88. The molecule has 0 atom stereocenters. The van der Waals surface area contributed by atoms with Crippen LogP contribution in [0.2, 0.25) is 0 Å². The largest absolute Gasteiger partial charge is 0.492 e. The summed E-state index contributed by atoms with van der Waals surface area (Å²) in [6.45, 7) is 7.42. The van der Waals surface area contributed by atoms with E-state index in [9.17, 15) is 4.79 Å². The van der Waals surface area contributed by atoms with Crippen LogP contribution in [0.25, 0.3) is 0 Å². The number of amides is 1. The molecule has 1 aromatic carbocycles. The molecule has 0 radical (unpaired) electrons. The molecular weight excluding hydrogens is 292 g/mol. The molecule has 0 saturated carbocycles. The van der Waals surface area contributed by atoms with Gasteiger partial charge in [-0.3, -0.25) is 4.79 Å². The summed E-state index contributed by atoms with van der Waals surface area (Å²) in [4.78, 5) is 20.6. The van der Waals surface area contributed by atoms with E-state index in [1.165, 1.54) is 12.4 Å². The summed E-state index contributed by atoms with van der Waals surface area (Å²) >= 11 is 0. The Hall–Kier alpha value is -2.63. The quantitative estimate of drug-likeness (QED) is 0.821. The molecule has 0 aliphatic rings. The number of hydrogen-bond acceptors (Lipinski definition) is 5. The second-order valence-corrected chi connectivity index (χ2v) is 5.45. The number of anilines is 2. The van der Waals surface area contributed by atoms with Gasteiger partial charge in [-0.25, -0.2) is 9.97 Å². The molecule has 0 aliphatic heterocycles. The van der Waals surface area contributed by atoms with Crippen LogP contribution in [0.4, 0.5) is 11.6 Å². The Balaban J connectivity index is 2.03. The standard InChI is InChI=1S/C17H22N4O2/c1-4-23-15-8-6-5-7-14(15)21-16(22)13-10-19-17(20-11-13)18-9-12(2)3/h5-8,10-12H,4,9H2,1-3H3,(H,21,22)(H,18,19,20). The number of carbonyl (C=O) groups excluding carboxylic acids is 1. The van der Waals surface area contributed by atoms with Crippen molar-refractivity contribution >= 4 is 17.5 Å². The lowest BCUT2D eigenvalue weighted by Gasteiger charge is -2.11. The van der Waals surface area contributed by atoms with E-state index in [4.69, 9.17) is 4.74 Å². The summed E-state index contributed by atoms with van der Waals surface area (Å²) in [7, 11) is 0. The first-order valence-electron chi connectivity index (χ1n) is 7.69. The van der Waals surface area contributed by atoms with Crippen molar-refractivity contribution in [2.45, 2.75) is 20.8 Å². The number of aromatic nitrogens is 2. The zero-order valence-electron chi connectivity index (χ0n) is 13.7. The molecule has 2 aromatic rings. The average Bonchev–Trinajstić information content (AvgIpc) is 2.55. The van der Waals surface area contributed by atoms with Crippen LogP contribution in [0.15, 0.2) is 36.7 Å². The van der Waals surface area contributed by atoms with Crippen LogP contribution >= 0.6 is 0 Å². The highest BCUT2D eigenvalue weighted by molar-refractivity contribution is 6.04. The summed E-state index contributed by atoms with van der Waals surface area (Å²) in [6.07, 6.45) is 3.02. The van der Waals surface area contributed by atoms with Crippen LogP contribution in [0.1, 0.15) is 31.1 Å². The van der Waals surface area contributed by atoms with Crippen molar-refractivity contribution < 1.29 is 9.53 Å². The smallest absolute Gasteiger partial charge is 0.258 e. The maximum absolute atomic E-state index is 12.3.